The van der Waals surface area contributed by atoms with Gasteiger partial charge in [0.1, 0.15) is 5.82 Å². The van der Waals surface area contributed by atoms with Crippen LogP contribution in [0.4, 0.5) is 4.39 Å². The van der Waals surface area contributed by atoms with Gasteiger partial charge in [-0.25, -0.2) is 4.39 Å². The Morgan fingerprint density at radius 1 is 1.38 bits per heavy atom. The van der Waals surface area contributed by atoms with E-state index in [1.165, 1.54) is 12.1 Å². The van der Waals surface area contributed by atoms with E-state index in [0.717, 1.165) is 11.1 Å². The van der Waals surface area contributed by atoms with Crippen LogP contribution in [0.1, 0.15) is 24.2 Å². The topological polar surface area (TPSA) is 32.9 Å². The molecule has 1 aromatic carbocycles. The molecule has 82 valence electrons. The largest absolute Gasteiger partial charge is 0.360 e. The molecule has 1 N–H and O–H groups in total. The van der Waals surface area contributed by atoms with Crippen LogP contribution >= 0.6 is 0 Å². The summed E-state index contributed by atoms with van der Waals surface area (Å²) in [5.41, 5.74) is 2.21. The van der Waals surface area contributed by atoms with Gasteiger partial charge in [0.2, 0.25) is 0 Å². The van der Waals surface area contributed by atoms with Crippen molar-refractivity contribution >= 4 is 16.7 Å². The molecule has 1 aromatic heterocycles. The molecule has 0 unspecified atom stereocenters. The number of benzene rings is 1. The Hall–Kier alpha value is -1.90. The quantitative estimate of drug-likeness (QED) is 0.606. The van der Waals surface area contributed by atoms with Crippen molar-refractivity contribution in [1.82, 2.24) is 4.98 Å². The number of nitrogens with one attached hydrogen (secondary N) is 1. The minimum atomic E-state index is -0.335. The zero-order valence-electron chi connectivity index (χ0n) is 9.17. The van der Waals surface area contributed by atoms with E-state index in [1.54, 1.807) is 18.3 Å². The van der Waals surface area contributed by atoms with E-state index in [9.17, 15) is 9.18 Å². The van der Waals surface area contributed by atoms with Crippen molar-refractivity contribution < 1.29 is 9.18 Å². The van der Waals surface area contributed by atoms with Crippen LogP contribution in [0.15, 0.2) is 36.0 Å². The van der Waals surface area contributed by atoms with Gasteiger partial charge in [-0.05, 0) is 38.1 Å². The molecule has 0 aliphatic carbocycles. The van der Waals surface area contributed by atoms with Gasteiger partial charge in [0.15, 0.2) is 5.78 Å². The van der Waals surface area contributed by atoms with E-state index in [2.05, 4.69) is 4.98 Å². The summed E-state index contributed by atoms with van der Waals surface area (Å²) in [4.78, 5) is 14.8. The molecule has 0 aliphatic heterocycles. The Bertz CT molecular complexity index is 577. The summed E-state index contributed by atoms with van der Waals surface area (Å²) in [6.07, 6.45) is 3.17. The van der Waals surface area contributed by atoms with Crippen LogP contribution in [-0.2, 0) is 0 Å². The smallest absolute Gasteiger partial charge is 0.187 e. The van der Waals surface area contributed by atoms with E-state index in [0.29, 0.717) is 10.9 Å². The van der Waals surface area contributed by atoms with Crippen LogP contribution in [-0.4, -0.2) is 10.8 Å². The maximum Gasteiger partial charge on any atom is 0.187 e. The lowest BCUT2D eigenvalue weighted by Crippen LogP contribution is -1.93. The summed E-state index contributed by atoms with van der Waals surface area (Å²) in [5, 5.41) is 0.627. The zero-order chi connectivity index (χ0) is 11.7. The van der Waals surface area contributed by atoms with Gasteiger partial charge >= 0.3 is 0 Å². The van der Waals surface area contributed by atoms with E-state index in [-0.39, 0.29) is 11.6 Å². The third kappa shape index (κ3) is 1.89. The molecule has 3 heteroatoms. The number of rotatable bonds is 2. The standard InChI is InChI=1S/C13H12FNO/c1-8(2)5-13(16)11-7-15-12-4-3-9(14)6-10(11)12/h3-7,15H,1-2H3. The molecular formula is C13H12FNO. The van der Waals surface area contributed by atoms with E-state index >= 15 is 0 Å². The number of halogens is 1. The van der Waals surface area contributed by atoms with Crippen molar-refractivity contribution in [2.24, 2.45) is 0 Å². The second-order valence-electron chi connectivity index (χ2n) is 3.98. The number of aromatic nitrogens is 1. The molecule has 0 fully saturated rings. The molecule has 0 amide bonds. The Morgan fingerprint density at radius 2 is 2.12 bits per heavy atom. The molecule has 0 spiro atoms. The molecule has 2 aromatic rings. The minimum Gasteiger partial charge on any atom is -0.360 e. The lowest BCUT2D eigenvalue weighted by Gasteiger charge is -1.95. The number of ketones is 1. The van der Waals surface area contributed by atoms with Gasteiger partial charge < -0.3 is 4.98 Å². The van der Waals surface area contributed by atoms with Gasteiger partial charge in [0.25, 0.3) is 0 Å². The maximum absolute atomic E-state index is 13.1. The Labute approximate surface area is 92.8 Å². The number of H-pyrrole nitrogens is 1. The van der Waals surface area contributed by atoms with Crippen LogP contribution in [0, 0.1) is 5.82 Å². The molecule has 1 heterocycles. The predicted octanol–water partition coefficient (Wildman–Crippen LogP) is 3.46. The van der Waals surface area contributed by atoms with Crippen molar-refractivity contribution in [2.75, 3.05) is 0 Å². The monoisotopic (exact) mass is 217 g/mol. The van der Waals surface area contributed by atoms with E-state index < -0.39 is 0 Å². The predicted molar refractivity (Wildman–Crippen MR) is 62.0 cm³/mol. The summed E-state index contributed by atoms with van der Waals surface area (Å²) in [6, 6.07) is 4.37. The summed E-state index contributed by atoms with van der Waals surface area (Å²) in [7, 11) is 0. The molecule has 0 radical (unpaired) electrons. The number of aromatic amines is 1. The molecule has 2 nitrogen and oxygen atoms in total. The summed E-state index contributed by atoms with van der Waals surface area (Å²) in [5.74, 6) is -0.435. The number of hydrogen-bond acceptors (Lipinski definition) is 1. The van der Waals surface area contributed by atoms with Crippen molar-refractivity contribution in [2.45, 2.75) is 13.8 Å². The van der Waals surface area contributed by atoms with Gasteiger partial charge in [-0.3, -0.25) is 4.79 Å². The normalized spacial score (nSPS) is 10.4. The molecule has 0 aliphatic rings. The summed E-state index contributed by atoms with van der Waals surface area (Å²) >= 11 is 0. The first-order valence-electron chi connectivity index (χ1n) is 5.04. The van der Waals surface area contributed by atoms with Gasteiger partial charge in [-0.1, -0.05) is 5.57 Å². The van der Waals surface area contributed by atoms with Crippen LogP contribution < -0.4 is 0 Å². The fourth-order valence-corrected chi connectivity index (χ4v) is 1.64. The lowest BCUT2D eigenvalue weighted by molar-refractivity contribution is 0.104. The summed E-state index contributed by atoms with van der Waals surface area (Å²) in [6.45, 7) is 3.71. The average molecular weight is 217 g/mol. The summed E-state index contributed by atoms with van der Waals surface area (Å²) < 4.78 is 13.1. The van der Waals surface area contributed by atoms with Gasteiger partial charge in [0, 0.05) is 22.7 Å². The molecule has 0 atom stereocenters. The number of fused-ring (bicyclic) bond motifs is 1. The SMILES string of the molecule is CC(C)=CC(=O)c1c[nH]c2ccc(F)cc12. The van der Waals surface area contributed by atoms with Crippen molar-refractivity contribution in [3.8, 4) is 0 Å². The first kappa shape index (κ1) is 10.6. The highest BCUT2D eigenvalue weighted by atomic mass is 19.1. The van der Waals surface area contributed by atoms with Crippen LogP contribution in [0.2, 0.25) is 0 Å². The lowest BCUT2D eigenvalue weighted by atomic mass is 10.1. The first-order chi connectivity index (χ1) is 7.58. The molecule has 0 saturated carbocycles. The fraction of sp³-hybridized carbons (Fsp3) is 0.154. The van der Waals surface area contributed by atoms with Crippen LogP contribution in [0.3, 0.4) is 0 Å². The minimum absolute atomic E-state index is 0.100. The fourth-order valence-electron chi connectivity index (χ4n) is 1.64. The van der Waals surface area contributed by atoms with Crippen molar-refractivity contribution in [3.05, 3.63) is 47.4 Å². The number of hydrogen-bond donors (Lipinski definition) is 1. The number of carbonyl (C=O) groups excluding carboxylic acids is 1. The highest BCUT2D eigenvalue weighted by Gasteiger charge is 2.10. The first-order valence-corrected chi connectivity index (χ1v) is 5.04. The van der Waals surface area contributed by atoms with Crippen molar-refractivity contribution in [1.29, 1.82) is 0 Å². The third-order valence-corrected chi connectivity index (χ3v) is 2.33. The molecular weight excluding hydrogens is 205 g/mol. The Balaban J connectivity index is 2.57. The van der Waals surface area contributed by atoms with E-state index in [4.69, 9.17) is 0 Å². The average Bonchev–Trinajstić information content (AvgIpc) is 2.59. The highest BCUT2D eigenvalue weighted by Crippen LogP contribution is 2.20. The zero-order valence-corrected chi connectivity index (χ0v) is 9.17. The van der Waals surface area contributed by atoms with Crippen LogP contribution in [0.5, 0.6) is 0 Å². The van der Waals surface area contributed by atoms with Gasteiger partial charge in [-0.2, -0.15) is 0 Å². The number of allylic oxidation sites excluding steroid dienone is 2. The molecule has 0 bridgehead atoms. The number of carbonyl (C=O) groups is 1. The van der Waals surface area contributed by atoms with Gasteiger partial charge in [-0.15, -0.1) is 0 Å². The molecule has 2 rings (SSSR count). The maximum atomic E-state index is 13.1. The highest BCUT2D eigenvalue weighted by molar-refractivity contribution is 6.13. The Morgan fingerprint density at radius 3 is 2.81 bits per heavy atom. The third-order valence-electron chi connectivity index (χ3n) is 2.33. The second-order valence-corrected chi connectivity index (χ2v) is 3.98. The van der Waals surface area contributed by atoms with Crippen LogP contribution in [0.25, 0.3) is 10.9 Å². The Kier molecular flexibility index (Phi) is 2.60. The molecule has 0 saturated heterocycles. The van der Waals surface area contributed by atoms with Crippen molar-refractivity contribution in [3.63, 3.8) is 0 Å². The van der Waals surface area contributed by atoms with Gasteiger partial charge in [0.05, 0.1) is 0 Å². The van der Waals surface area contributed by atoms with E-state index in [1.807, 2.05) is 13.8 Å². The second kappa shape index (κ2) is 3.93. The molecule has 16 heavy (non-hydrogen) atoms.